The van der Waals surface area contributed by atoms with Crippen LogP contribution in [0, 0.1) is 0 Å². The minimum absolute atomic E-state index is 0.415. The fraction of sp³-hybridized carbons (Fsp3) is 0.250. The van der Waals surface area contributed by atoms with Crippen LogP contribution in [-0.2, 0) is 4.79 Å². The Hall–Kier alpha value is -2.75. The lowest BCUT2D eigenvalue weighted by molar-refractivity contribution is -0.131. The second kappa shape index (κ2) is 8.77. The van der Waals surface area contributed by atoms with Gasteiger partial charge in [0.05, 0.1) is 0 Å². The average molecular weight is 326 g/mol. The first-order valence-electron chi connectivity index (χ1n) is 7.91. The van der Waals surface area contributed by atoms with E-state index in [1.165, 1.54) is 11.6 Å². The molecule has 126 valence electrons. The lowest BCUT2D eigenvalue weighted by Gasteiger charge is -2.10. The van der Waals surface area contributed by atoms with Crippen molar-refractivity contribution < 1.29 is 19.4 Å². The Kier molecular flexibility index (Phi) is 6.43. The van der Waals surface area contributed by atoms with Crippen molar-refractivity contribution in [3.63, 3.8) is 0 Å². The molecule has 0 atom stereocenters. The molecule has 2 aromatic rings. The minimum Gasteiger partial charge on any atom is -0.490 e. The first-order valence-corrected chi connectivity index (χ1v) is 7.91. The van der Waals surface area contributed by atoms with E-state index in [1.54, 1.807) is 6.07 Å². The van der Waals surface area contributed by atoms with E-state index in [0.717, 1.165) is 17.4 Å². The first-order chi connectivity index (χ1) is 11.5. The van der Waals surface area contributed by atoms with Crippen LogP contribution < -0.4 is 9.47 Å². The van der Waals surface area contributed by atoms with Crippen molar-refractivity contribution in [2.45, 2.75) is 19.8 Å². The zero-order valence-electron chi connectivity index (χ0n) is 13.9. The summed E-state index contributed by atoms with van der Waals surface area (Å²) in [6.07, 6.45) is 2.63. The van der Waals surface area contributed by atoms with Gasteiger partial charge >= 0.3 is 5.97 Å². The summed E-state index contributed by atoms with van der Waals surface area (Å²) in [5.41, 5.74) is 2.06. The lowest BCUT2D eigenvalue weighted by atomic mass is 10.0. The first kappa shape index (κ1) is 17.6. The zero-order chi connectivity index (χ0) is 17.4. The topological polar surface area (TPSA) is 55.8 Å². The van der Waals surface area contributed by atoms with E-state index >= 15 is 0 Å². The van der Waals surface area contributed by atoms with Crippen LogP contribution in [0.3, 0.4) is 0 Å². The maximum atomic E-state index is 10.5. The van der Waals surface area contributed by atoms with Crippen molar-refractivity contribution in [1.82, 2.24) is 0 Å². The predicted molar refractivity (Wildman–Crippen MR) is 94.6 cm³/mol. The average Bonchev–Trinajstić information content (AvgIpc) is 2.58. The van der Waals surface area contributed by atoms with Crippen LogP contribution in [0.25, 0.3) is 6.08 Å². The maximum Gasteiger partial charge on any atom is 0.328 e. The van der Waals surface area contributed by atoms with Crippen molar-refractivity contribution in [2.75, 3.05) is 13.2 Å². The summed E-state index contributed by atoms with van der Waals surface area (Å²) in [4.78, 5) is 10.5. The van der Waals surface area contributed by atoms with E-state index in [4.69, 9.17) is 14.6 Å². The molecule has 0 unspecified atom stereocenters. The Labute approximate surface area is 142 Å². The van der Waals surface area contributed by atoms with Crippen LogP contribution in [0.15, 0.2) is 54.6 Å². The number of rotatable bonds is 8. The molecule has 0 bridgehead atoms. The van der Waals surface area contributed by atoms with Gasteiger partial charge in [0.25, 0.3) is 0 Å². The summed E-state index contributed by atoms with van der Waals surface area (Å²) >= 11 is 0. The smallest absolute Gasteiger partial charge is 0.328 e. The van der Waals surface area contributed by atoms with Gasteiger partial charge in [-0.2, -0.15) is 0 Å². The van der Waals surface area contributed by atoms with Gasteiger partial charge in [-0.05, 0) is 47.4 Å². The van der Waals surface area contributed by atoms with Crippen molar-refractivity contribution in [2.24, 2.45) is 0 Å². The third kappa shape index (κ3) is 5.80. The van der Waals surface area contributed by atoms with Gasteiger partial charge in [-0.1, -0.05) is 38.1 Å². The molecule has 0 fully saturated rings. The molecule has 0 aliphatic heterocycles. The predicted octanol–water partition coefficient (Wildman–Crippen LogP) is 4.37. The molecule has 4 heteroatoms. The summed E-state index contributed by atoms with van der Waals surface area (Å²) in [6.45, 7) is 5.17. The SMILES string of the molecule is CC(C)c1ccc(OCCOc2cccc(C=CC(=O)O)c2)cc1. The largest absolute Gasteiger partial charge is 0.490 e. The van der Waals surface area contributed by atoms with Crippen LogP contribution >= 0.6 is 0 Å². The molecule has 4 nitrogen and oxygen atoms in total. The fourth-order valence-electron chi connectivity index (χ4n) is 2.14. The number of carbonyl (C=O) groups is 1. The Morgan fingerprint density at radius 2 is 1.71 bits per heavy atom. The number of aliphatic carboxylic acids is 1. The van der Waals surface area contributed by atoms with Gasteiger partial charge in [-0.3, -0.25) is 0 Å². The molecule has 0 radical (unpaired) electrons. The van der Waals surface area contributed by atoms with Crippen molar-refractivity contribution in [3.05, 3.63) is 65.7 Å². The monoisotopic (exact) mass is 326 g/mol. The number of hydrogen-bond acceptors (Lipinski definition) is 3. The van der Waals surface area contributed by atoms with E-state index in [0.29, 0.717) is 24.9 Å². The molecular weight excluding hydrogens is 304 g/mol. The highest BCUT2D eigenvalue weighted by atomic mass is 16.5. The van der Waals surface area contributed by atoms with Crippen LogP contribution in [0.2, 0.25) is 0 Å². The molecule has 1 N–H and O–H groups in total. The molecule has 0 spiro atoms. The van der Waals surface area contributed by atoms with E-state index in [9.17, 15) is 4.79 Å². The van der Waals surface area contributed by atoms with Gasteiger partial charge in [-0.25, -0.2) is 4.79 Å². The van der Waals surface area contributed by atoms with Gasteiger partial charge in [0.15, 0.2) is 0 Å². The molecule has 0 saturated carbocycles. The van der Waals surface area contributed by atoms with Gasteiger partial charge in [-0.15, -0.1) is 0 Å². The lowest BCUT2D eigenvalue weighted by Crippen LogP contribution is -2.09. The Bertz CT molecular complexity index is 687. The molecule has 2 aromatic carbocycles. The summed E-state index contributed by atoms with van der Waals surface area (Å²) in [5.74, 6) is 1.03. The van der Waals surface area contributed by atoms with Crippen molar-refractivity contribution in [3.8, 4) is 11.5 Å². The van der Waals surface area contributed by atoms with E-state index in [1.807, 2.05) is 30.3 Å². The number of hydrogen-bond donors (Lipinski definition) is 1. The summed E-state index contributed by atoms with van der Waals surface area (Å²) in [7, 11) is 0. The van der Waals surface area contributed by atoms with E-state index in [-0.39, 0.29) is 0 Å². The molecule has 0 saturated heterocycles. The van der Waals surface area contributed by atoms with Gasteiger partial charge < -0.3 is 14.6 Å². The third-order valence-corrected chi connectivity index (χ3v) is 3.44. The van der Waals surface area contributed by atoms with Crippen LogP contribution in [0.4, 0.5) is 0 Å². The molecule has 0 aliphatic carbocycles. The molecule has 0 aromatic heterocycles. The highest BCUT2D eigenvalue weighted by Crippen LogP contribution is 2.19. The molecule has 0 aliphatic rings. The van der Waals surface area contributed by atoms with Crippen LogP contribution in [-0.4, -0.2) is 24.3 Å². The number of carboxylic acids is 1. The highest BCUT2D eigenvalue weighted by Gasteiger charge is 2.00. The quantitative estimate of drug-likeness (QED) is 0.578. The number of carboxylic acid groups (broad SMARTS) is 1. The maximum absolute atomic E-state index is 10.5. The van der Waals surface area contributed by atoms with E-state index in [2.05, 4.69) is 26.0 Å². The minimum atomic E-state index is -0.974. The standard InChI is InChI=1S/C20H22O4/c1-15(2)17-7-9-18(10-8-17)23-12-13-24-19-5-3-4-16(14-19)6-11-20(21)22/h3-11,14-15H,12-13H2,1-2H3,(H,21,22). The Balaban J connectivity index is 1.79. The number of benzene rings is 2. The molecule has 2 rings (SSSR count). The van der Waals surface area contributed by atoms with Gasteiger partial charge in [0, 0.05) is 6.08 Å². The third-order valence-electron chi connectivity index (χ3n) is 3.44. The molecule has 0 heterocycles. The van der Waals surface area contributed by atoms with Gasteiger partial charge in [0.2, 0.25) is 0 Å². The molecule has 0 amide bonds. The van der Waals surface area contributed by atoms with E-state index < -0.39 is 5.97 Å². The van der Waals surface area contributed by atoms with Crippen molar-refractivity contribution >= 4 is 12.0 Å². The fourth-order valence-corrected chi connectivity index (χ4v) is 2.14. The number of ether oxygens (including phenoxy) is 2. The Morgan fingerprint density at radius 3 is 2.33 bits per heavy atom. The summed E-state index contributed by atoms with van der Waals surface area (Å²) in [6, 6.07) is 15.3. The van der Waals surface area contributed by atoms with Crippen LogP contribution in [0.1, 0.15) is 30.9 Å². The van der Waals surface area contributed by atoms with Crippen LogP contribution in [0.5, 0.6) is 11.5 Å². The second-order valence-electron chi connectivity index (χ2n) is 5.66. The van der Waals surface area contributed by atoms with Crippen molar-refractivity contribution in [1.29, 1.82) is 0 Å². The van der Waals surface area contributed by atoms with Gasteiger partial charge in [0.1, 0.15) is 24.7 Å². The zero-order valence-corrected chi connectivity index (χ0v) is 13.9. The summed E-state index contributed by atoms with van der Waals surface area (Å²) < 4.78 is 11.3. The second-order valence-corrected chi connectivity index (χ2v) is 5.66. The highest BCUT2D eigenvalue weighted by molar-refractivity contribution is 5.85. The molecular formula is C20H22O4. The Morgan fingerprint density at radius 1 is 1.04 bits per heavy atom. The normalized spacial score (nSPS) is 11.0. The summed E-state index contributed by atoms with van der Waals surface area (Å²) in [5, 5.41) is 8.64. The molecule has 24 heavy (non-hydrogen) atoms.